The van der Waals surface area contributed by atoms with Crippen molar-refractivity contribution in [2.24, 2.45) is 15.9 Å². The van der Waals surface area contributed by atoms with Crippen molar-refractivity contribution in [2.45, 2.75) is 13.3 Å². The summed E-state index contributed by atoms with van der Waals surface area (Å²) in [7, 11) is 0. The van der Waals surface area contributed by atoms with Gasteiger partial charge in [-0.2, -0.15) is 0 Å². The van der Waals surface area contributed by atoms with Crippen LogP contribution in [0.2, 0.25) is 0 Å². The maximum Gasteiger partial charge on any atom is 0.160 e. The Hall–Kier alpha value is -7.04. The molecule has 2 aromatic heterocycles. The smallest absolute Gasteiger partial charge is 0.160 e. The van der Waals surface area contributed by atoms with E-state index in [-0.39, 0.29) is 5.92 Å². The van der Waals surface area contributed by atoms with Crippen LogP contribution in [0.3, 0.4) is 0 Å². The molecule has 8 aromatic carbocycles. The zero-order valence-electron chi connectivity index (χ0n) is 30.3. The fourth-order valence-electron chi connectivity index (χ4n) is 8.48. The van der Waals surface area contributed by atoms with Crippen molar-refractivity contribution >= 4 is 82.5 Å². The molecule has 3 heterocycles. The Morgan fingerprint density at radius 2 is 1.09 bits per heavy atom. The summed E-state index contributed by atoms with van der Waals surface area (Å²) in [5.41, 5.74) is 10.1. The Balaban J connectivity index is 1.23. The number of hydrogen-bond donors (Lipinski definition) is 0. The van der Waals surface area contributed by atoms with Gasteiger partial charge in [0.25, 0.3) is 0 Å². The summed E-state index contributed by atoms with van der Waals surface area (Å²) in [6.45, 7) is 2.28. The zero-order chi connectivity index (χ0) is 36.5. The van der Waals surface area contributed by atoms with E-state index in [0.717, 1.165) is 73.2 Å². The van der Waals surface area contributed by atoms with Gasteiger partial charge in [0, 0.05) is 44.7 Å². The number of benzene rings is 8. The molecule has 1 unspecified atom stereocenters. The number of para-hydroxylation sites is 1. The number of allylic oxidation sites excluding steroid dienone is 1. The number of furan rings is 1. The van der Waals surface area contributed by atoms with E-state index in [9.17, 15) is 0 Å². The van der Waals surface area contributed by atoms with Crippen LogP contribution in [0.15, 0.2) is 190 Å². The third-order valence-corrected chi connectivity index (χ3v) is 11.2. The molecular weight excluding hydrogens is 671 g/mol. The van der Waals surface area contributed by atoms with Crippen molar-refractivity contribution < 1.29 is 4.42 Å². The highest BCUT2D eigenvalue weighted by atomic mass is 16.3. The number of hydrogen-bond acceptors (Lipinski definition) is 3. The van der Waals surface area contributed by atoms with Crippen molar-refractivity contribution in [1.29, 1.82) is 0 Å². The molecule has 0 N–H and O–H groups in total. The molecule has 11 rings (SSSR count). The first-order chi connectivity index (χ1) is 27.2. The first-order valence-corrected chi connectivity index (χ1v) is 19.0. The van der Waals surface area contributed by atoms with Gasteiger partial charge in [0.1, 0.15) is 11.2 Å². The minimum absolute atomic E-state index is 0.0751. The average molecular weight is 706 g/mol. The summed E-state index contributed by atoms with van der Waals surface area (Å²) in [4.78, 5) is 10.9. The lowest BCUT2D eigenvalue weighted by Crippen LogP contribution is -2.18. The topological polar surface area (TPSA) is 42.8 Å². The van der Waals surface area contributed by atoms with E-state index in [4.69, 9.17) is 14.4 Å². The Morgan fingerprint density at radius 1 is 0.527 bits per heavy atom. The minimum atomic E-state index is 0.0751. The maximum absolute atomic E-state index is 6.75. The van der Waals surface area contributed by atoms with E-state index < -0.39 is 0 Å². The predicted octanol–water partition coefficient (Wildman–Crippen LogP) is 13.3. The largest absolute Gasteiger partial charge is 0.456 e. The van der Waals surface area contributed by atoms with Gasteiger partial charge in [-0.25, -0.2) is 9.98 Å². The lowest BCUT2D eigenvalue weighted by Gasteiger charge is -2.20. The Labute approximate surface area is 318 Å². The van der Waals surface area contributed by atoms with Crippen LogP contribution in [-0.2, 0) is 0 Å². The Kier molecular flexibility index (Phi) is 7.17. The molecule has 10 aromatic rings. The summed E-state index contributed by atoms with van der Waals surface area (Å²) >= 11 is 0. The fraction of sp³-hybridized carbons (Fsp3) is 0.0588. The first-order valence-electron chi connectivity index (χ1n) is 19.0. The summed E-state index contributed by atoms with van der Waals surface area (Å²) in [6.07, 6.45) is 3.05. The second kappa shape index (κ2) is 12.5. The average Bonchev–Trinajstić information content (AvgIpc) is 3.76. The molecule has 0 bridgehead atoms. The van der Waals surface area contributed by atoms with Crippen LogP contribution in [0.5, 0.6) is 0 Å². The first kappa shape index (κ1) is 31.5. The van der Waals surface area contributed by atoms with Gasteiger partial charge in [0.2, 0.25) is 0 Å². The van der Waals surface area contributed by atoms with E-state index in [0.29, 0.717) is 5.84 Å². The number of rotatable bonds is 4. The summed E-state index contributed by atoms with van der Waals surface area (Å²) in [5, 5.41) is 9.45. The molecule has 1 aliphatic rings. The maximum atomic E-state index is 6.75. The van der Waals surface area contributed by atoms with Crippen molar-refractivity contribution in [3.05, 3.63) is 193 Å². The van der Waals surface area contributed by atoms with Crippen molar-refractivity contribution in [3.8, 4) is 5.69 Å². The second-order valence-corrected chi connectivity index (χ2v) is 14.6. The van der Waals surface area contributed by atoms with Gasteiger partial charge in [-0.3, -0.25) is 0 Å². The number of fused-ring (bicyclic) bond motifs is 8. The molecule has 0 spiro atoms. The van der Waals surface area contributed by atoms with Crippen LogP contribution in [0.1, 0.15) is 30.0 Å². The van der Waals surface area contributed by atoms with Gasteiger partial charge in [0.15, 0.2) is 5.84 Å². The molecule has 0 radical (unpaired) electrons. The predicted molar refractivity (Wildman–Crippen MR) is 231 cm³/mol. The van der Waals surface area contributed by atoms with Gasteiger partial charge in [-0.1, -0.05) is 140 Å². The molecule has 4 heteroatoms. The Bertz CT molecular complexity index is 3140. The molecule has 1 atom stereocenters. The third kappa shape index (κ3) is 5.21. The lowest BCUT2D eigenvalue weighted by atomic mass is 9.90. The van der Waals surface area contributed by atoms with Gasteiger partial charge < -0.3 is 8.98 Å². The van der Waals surface area contributed by atoms with Crippen LogP contribution >= 0.6 is 0 Å². The highest BCUT2D eigenvalue weighted by Gasteiger charge is 2.25. The number of nitrogens with zero attached hydrogens (tertiary/aromatic N) is 3. The molecule has 0 amide bonds. The summed E-state index contributed by atoms with van der Waals surface area (Å²) < 4.78 is 9.18. The van der Waals surface area contributed by atoms with Gasteiger partial charge in [-0.15, -0.1) is 0 Å². The van der Waals surface area contributed by atoms with Gasteiger partial charge >= 0.3 is 0 Å². The normalized spacial score (nSPS) is 16.0. The van der Waals surface area contributed by atoms with Crippen LogP contribution in [0.4, 0.5) is 0 Å². The lowest BCUT2D eigenvalue weighted by molar-refractivity contribution is 0.668. The SMILES string of the molecule is CC1C/C=C(\c2ccccc2)N=C(c2ccccc2)N=C1c1cc(-n2c3cc4ccccc4cc3c3cc4ccccc4cc32)cc2oc3ccccc3c12. The van der Waals surface area contributed by atoms with E-state index in [1.165, 1.54) is 32.3 Å². The second-order valence-electron chi connectivity index (χ2n) is 14.6. The molecule has 0 saturated carbocycles. The van der Waals surface area contributed by atoms with Crippen LogP contribution in [0.25, 0.3) is 76.7 Å². The van der Waals surface area contributed by atoms with E-state index in [1.54, 1.807) is 0 Å². The monoisotopic (exact) mass is 705 g/mol. The molecule has 0 aliphatic carbocycles. The van der Waals surface area contributed by atoms with E-state index in [2.05, 4.69) is 169 Å². The standard InChI is InChI=1S/C51H35N3O/c1-32-24-25-44(33-14-4-2-5-15-33)52-51(34-16-6-3-7-17-34)53-50(32)43-30-39(31-48-49(43)40-22-12-13-23-47(40)55-48)54-45-28-37-20-10-8-18-35(37)26-41(45)42-27-36-19-9-11-21-38(36)29-46(42)54/h2-23,25-32H,24H2,1H3/b44-25+,52-51?,53-50?. The molecular formula is C51H35N3O. The van der Waals surface area contributed by atoms with Crippen molar-refractivity contribution in [2.75, 3.05) is 0 Å². The number of amidine groups is 1. The van der Waals surface area contributed by atoms with Gasteiger partial charge in [-0.05, 0) is 69.9 Å². The quantitative estimate of drug-likeness (QED) is 0.180. The Morgan fingerprint density at radius 3 is 1.75 bits per heavy atom. The molecule has 4 nitrogen and oxygen atoms in total. The summed E-state index contributed by atoms with van der Waals surface area (Å²) in [6, 6.07) is 60.3. The van der Waals surface area contributed by atoms with E-state index >= 15 is 0 Å². The van der Waals surface area contributed by atoms with Crippen LogP contribution in [-0.4, -0.2) is 16.1 Å². The summed E-state index contributed by atoms with van der Waals surface area (Å²) in [5.74, 6) is 0.768. The molecule has 0 saturated heterocycles. The van der Waals surface area contributed by atoms with Gasteiger partial charge in [0.05, 0.1) is 28.1 Å². The highest BCUT2D eigenvalue weighted by molar-refractivity contribution is 6.24. The third-order valence-electron chi connectivity index (χ3n) is 11.2. The fourth-order valence-corrected chi connectivity index (χ4v) is 8.48. The molecule has 55 heavy (non-hydrogen) atoms. The zero-order valence-corrected chi connectivity index (χ0v) is 30.3. The molecule has 260 valence electrons. The van der Waals surface area contributed by atoms with E-state index in [1.807, 2.05) is 18.2 Å². The molecule has 1 aliphatic heterocycles. The number of aromatic nitrogens is 1. The van der Waals surface area contributed by atoms with Crippen molar-refractivity contribution in [1.82, 2.24) is 4.57 Å². The van der Waals surface area contributed by atoms with Crippen molar-refractivity contribution in [3.63, 3.8) is 0 Å². The highest BCUT2D eigenvalue weighted by Crippen LogP contribution is 2.41. The molecule has 0 fully saturated rings. The van der Waals surface area contributed by atoms with Crippen LogP contribution in [0, 0.1) is 5.92 Å². The van der Waals surface area contributed by atoms with Crippen LogP contribution < -0.4 is 0 Å². The minimum Gasteiger partial charge on any atom is -0.456 e. The number of aliphatic imine (C=N–C) groups is 2.